The lowest BCUT2D eigenvalue weighted by Crippen LogP contribution is -2.64. The van der Waals surface area contributed by atoms with E-state index in [1.165, 1.54) is 6.92 Å². The second kappa shape index (κ2) is 13.6. The van der Waals surface area contributed by atoms with Crippen LogP contribution in [0, 0.1) is 40.4 Å². The molecule has 7 fully saturated rings. The van der Waals surface area contributed by atoms with Gasteiger partial charge < -0.3 is 64.2 Å². The van der Waals surface area contributed by atoms with E-state index in [9.17, 15) is 35.7 Å². The molecule has 4 saturated heterocycles. The van der Waals surface area contributed by atoms with Crippen molar-refractivity contribution in [3.8, 4) is 0 Å². The Morgan fingerprint density at radius 3 is 2.33 bits per heavy atom. The molecule has 4 aliphatic heterocycles. The fourth-order valence-electron chi connectivity index (χ4n) is 12.4. The Morgan fingerprint density at radius 1 is 0.885 bits per heavy atom. The van der Waals surface area contributed by atoms with E-state index in [1.807, 2.05) is 0 Å². The topological polar surface area (TPSA) is 197 Å². The minimum atomic E-state index is -1.64. The van der Waals surface area contributed by atoms with Crippen LogP contribution in [0.2, 0.25) is 0 Å². The smallest absolute Gasteiger partial charge is 0.187 e. The molecule has 0 aromatic rings. The number of hydrogen-bond acceptors (Lipinski definition) is 13. The zero-order valence-corrected chi connectivity index (χ0v) is 30.8. The fraction of sp³-hybridized carbons (Fsp3) is 0.897. The summed E-state index contributed by atoms with van der Waals surface area (Å²) in [7, 11) is 0. The molecule has 294 valence electrons. The van der Waals surface area contributed by atoms with Gasteiger partial charge in [-0.3, -0.25) is 0 Å². The molecule has 8 rings (SSSR count). The third kappa shape index (κ3) is 5.67. The molecule has 13 nitrogen and oxygen atoms in total. The molecule has 7 N–H and O–H groups in total. The maximum atomic E-state index is 12.0. The van der Waals surface area contributed by atoms with E-state index in [1.54, 1.807) is 0 Å². The van der Waals surface area contributed by atoms with Crippen LogP contribution in [0.15, 0.2) is 23.8 Å². The Hall–Kier alpha value is -1.04. The molecule has 13 heteroatoms. The molecule has 1 spiro atoms. The minimum absolute atomic E-state index is 0.139. The average Bonchev–Trinajstić information content (AvgIpc) is 3.56. The predicted octanol–water partition coefficient (Wildman–Crippen LogP) is 1.28. The summed E-state index contributed by atoms with van der Waals surface area (Å²) in [4.78, 5) is 0. The third-order valence-corrected chi connectivity index (χ3v) is 15.4. The van der Waals surface area contributed by atoms with Gasteiger partial charge in [-0.1, -0.05) is 44.6 Å². The van der Waals surface area contributed by atoms with Crippen molar-refractivity contribution in [1.29, 1.82) is 0 Å². The summed E-state index contributed by atoms with van der Waals surface area (Å²) in [6.45, 7) is 12.6. The van der Waals surface area contributed by atoms with E-state index < -0.39 is 91.4 Å². The van der Waals surface area contributed by atoms with Crippen molar-refractivity contribution >= 4 is 0 Å². The number of ether oxygens (including phenoxy) is 6. The quantitative estimate of drug-likeness (QED) is 0.200. The van der Waals surface area contributed by atoms with Gasteiger partial charge in [-0.05, 0) is 74.5 Å². The van der Waals surface area contributed by atoms with Gasteiger partial charge >= 0.3 is 0 Å². The molecule has 3 saturated carbocycles. The van der Waals surface area contributed by atoms with Gasteiger partial charge in [0.15, 0.2) is 18.4 Å². The SMILES string of the molecule is C=C1CC[C@@]2(OC1)O[C@H]1C[C@H]3[C@@H]4CC=C5C[C@@H](O[C@@H]6O[C@H](CO)[C@@H](O[C@@H]7O[C@@H](C)[C@H](O)[C@@H](O)[C@H]7O)[C@H](O)[C@H]6O)C[C@@H](O)[C@]5(C)[C@H]4CC[C@]3(C)[C@H]1[C@@H]2C. The van der Waals surface area contributed by atoms with E-state index in [0.717, 1.165) is 49.7 Å². The van der Waals surface area contributed by atoms with Crippen molar-refractivity contribution in [2.24, 2.45) is 40.4 Å². The van der Waals surface area contributed by atoms with Crippen molar-refractivity contribution in [3.05, 3.63) is 23.8 Å². The van der Waals surface area contributed by atoms with E-state index in [4.69, 9.17) is 28.4 Å². The van der Waals surface area contributed by atoms with Crippen LogP contribution in [0.1, 0.15) is 79.1 Å². The highest BCUT2D eigenvalue weighted by Gasteiger charge is 2.69. The zero-order chi connectivity index (χ0) is 37.1. The highest BCUT2D eigenvalue weighted by molar-refractivity contribution is 5.28. The lowest BCUT2D eigenvalue weighted by molar-refractivity contribution is -0.361. The number of hydrogen-bond donors (Lipinski definition) is 7. The van der Waals surface area contributed by atoms with E-state index in [0.29, 0.717) is 49.0 Å². The number of aliphatic hydroxyl groups is 7. The molecule has 0 radical (unpaired) electrons. The molecule has 4 heterocycles. The summed E-state index contributed by atoms with van der Waals surface area (Å²) in [5.74, 6) is 1.48. The number of aliphatic hydroxyl groups excluding tert-OH is 7. The second-order valence-electron chi connectivity index (χ2n) is 17.9. The van der Waals surface area contributed by atoms with Crippen LogP contribution in [-0.2, 0) is 28.4 Å². The highest BCUT2D eigenvalue weighted by atomic mass is 16.7. The summed E-state index contributed by atoms with van der Waals surface area (Å²) < 4.78 is 36.8. The van der Waals surface area contributed by atoms with Crippen LogP contribution in [0.3, 0.4) is 0 Å². The predicted molar refractivity (Wildman–Crippen MR) is 183 cm³/mol. The van der Waals surface area contributed by atoms with Gasteiger partial charge in [-0.2, -0.15) is 0 Å². The van der Waals surface area contributed by atoms with Gasteiger partial charge in [0.1, 0.15) is 42.7 Å². The third-order valence-electron chi connectivity index (χ3n) is 15.4. The molecule has 4 aliphatic carbocycles. The Kier molecular flexibility index (Phi) is 9.88. The van der Waals surface area contributed by atoms with Crippen LogP contribution >= 0.6 is 0 Å². The summed E-state index contributed by atoms with van der Waals surface area (Å²) in [5.41, 5.74) is 2.01. The van der Waals surface area contributed by atoms with Crippen molar-refractivity contribution in [2.45, 2.75) is 165 Å². The van der Waals surface area contributed by atoms with Crippen LogP contribution in [-0.4, -0.2) is 134 Å². The molecular formula is C39H60O13. The number of fused-ring (bicyclic) bond motifs is 7. The van der Waals surface area contributed by atoms with E-state index >= 15 is 0 Å². The van der Waals surface area contributed by atoms with Crippen molar-refractivity contribution < 1.29 is 64.2 Å². The maximum absolute atomic E-state index is 12.0. The normalized spacial score (nSPS) is 57.5. The van der Waals surface area contributed by atoms with E-state index in [2.05, 4.69) is 33.4 Å². The van der Waals surface area contributed by atoms with Gasteiger partial charge in [-0.25, -0.2) is 0 Å². The summed E-state index contributed by atoms with van der Waals surface area (Å²) in [5, 5.41) is 75.1. The van der Waals surface area contributed by atoms with Gasteiger partial charge in [0.05, 0.1) is 37.6 Å². The summed E-state index contributed by atoms with van der Waals surface area (Å²) in [6, 6.07) is 0. The minimum Gasteiger partial charge on any atom is -0.394 e. The molecule has 52 heavy (non-hydrogen) atoms. The Balaban J connectivity index is 0.936. The van der Waals surface area contributed by atoms with Gasteiger partial charge in [0.25, 0.3) is 0 Å². The van der Waals surface area contributed by atoms with Crippen LogP contribution in [0.25, 0.3) is 0 Å². The van der Waals surface area contributed by atoms with Crippen LogP contribution in [0.5, 0.6) is 0 Å². The molecule has 0 unspecified atom stereocenters. The average molecular weight is 737 g/mol. The molecule has 0 bridgehead atoms. The Morgan fingerprint density at radius 2 is 1.62 bits per heavy atom. The van der Waals surface area contributed by atoms with Crippen molar-refractivity contribution in [3.63, 3.8) is 0 Å². The number of allylic oxidation sites excluding steroid dienone is 1. The van der Waals surface area contributed by atoms with Crippen LogP contribution in [0.4, 0.5) is 0 Å². The highest BCUT2D eigenvalue weighted by Crippen LogP contribution is 2.70. The second-order valence-corrected chi connectivity index (χ2v) is 17.9. The first-order chi connectivity index (χ1) is 24.6. The maximum Gasteiger partial charge on any atom is 0.187 e. The molecule has 8 aliphatic rings. The first-order valence-electron chi connectivity index (χ1n) is 19.6. The lowest BCUT2D eigenvalue weighted by Gasteiger charge is -2.60. The zero-order valence-electron chi connectivity index (χ0n) is 30.8. The Labute approximate surface area is 305 Å². The first-order valence-corrected chi connectivity index (χ1v) is 19.6. The lowest BCUT2D eigenvalue weighted by atomic mass is 9.46. The van der Waals surface area contributed by atoms with E-state index in [-0.39, 0.29) is 11.5 Å². The Bertz CT molecular complexity index is 1380. The standard InChI is InChI=1S/C39H60O13/c1-17-8-11-39(47-16-17)18(2)28-25(52-39)14-24-22-7-6-20-12-21(13-27(41)38(20,5)23(22)9-10-37(24,28)4)49-36-33(46)31(44)34(26(15-40)50-36)51-35-32(45)30(43)29(42)19(3)48-35/h6,18-19,21-36,40-46H,1,7-16H2,2-5H3/t18-,19-,21+,22+,23-,24-,25-,26+,27+,28-,29-,30+,31+,32+,33+,34+,35-,36+,37-,38-,39+/m0/s1. The van der Waals surface area contributed by atoms with Crippen molar-refractivity contribution in [2.75, 3.05) is 13.2 Å². The molecular weight excluding hydrogens is 676 g/mol. The van der Waals surface area contributed by atoms with Crippen LogP contribution < -0.4 is 0 Å². The largest absolute Gasteiger partial charge is 0.394 e. The van der Waals surface area contributed by atoms with Gasteiger partial charge in [-0.15, -0.1) is 0 Å². The molecule has 0 aromatic heterocycles. The molecule has 0 aromatic carbocycles. The summed E-state index contributed by atoms with van der Waals surface area (Å²) in [6.07, 6.45) is -5.87. The first kappa shape index (κ1) is 37.9. The van der Waals surface area contributed by atoms with Gasteiger partial charge in [0.2, 0.25) is 0 Å². The summed E-state index contributed by atoms with van der Waals surface area (Å²) >= 11 is 0. The van der Waals surface area contributed by atoms with Crippen molar-refractivity contribution in [1.82, 2.24) is 0 Å². The molecule has 21 atom stereocenters. The van der Waals surface area contributed by atoms with Gasteiger partial charge in [0, 0.05) is 24.2 Å². The molecule has 0 amide bonds. The fourth-order valence-corrected chi connectivity index (χ4v) is 12.4. The number of rotatable bonds is 5. The monoisotopic (exact) mass is 736 g/mol.